The summed E-state index contributed by atoms with van der Waals surface area (Å²) in [4.78, 5) is 0. The van der Waals surface area contributed by atoms with Gasteiger partial charge in [0.1, 0.15) is 29.5 Å². The topological polar surface area (TPSA) is 92.7 Å². The summed E-state index contributed by atoms with van der Waals surface area (Å²) >= 11 is 0. The van der Waals surface area contributed by atoms with Crippen molar-refractivity contribution in [3.05, 3.63) is 29.0 Å². The predicted octanol–water partition coefficient (Wildman–Crippen LogP) is 2.90. The van der Waals surface area contributed by atoms with E-state index in [1.807, 2.05) is 6.07 Å². The Labute approximate surface area is 111 Å². The Kier molecular flexibility index (Phi) is 6.00. The molecule has 19 heavy (non-hydrogen) atoms. The molecule has 0 unspecified atom stereocenters. The molecule has 0 fully saturated rings. The molecule has 0 atom stereocenters. The SMILES string of the molecule is CCOP(=O)(OCC)C(C#N)=Cc1ccc(CO)o1. The molecule has 6 nitrogen and oxygen atoms in total. The van der Waals surface area contributed by atoms with Crippen LogP contribution in [0, 0.1) is 11.3 Å². The fourth-order valence-corrected chi connectivity index (χ4v) is 2.82. The molecule has 1 N–H and O–H groups in total. The molecule has 0 spiro atoms. The van der Waals surface area contributed by atoms with Gasteiger partial charge in [-0.1, -0.05) is 0 Å². The van der Waals surface area contributed by atoms with Crippen LogP contribution in [0.3, 0.4) is 0 Å². The summed E-state index contributed by atoms with van der Waals surface area (Å²) in [6.07, 6.45) is 1.30. The summed E-state index contributed by atoms with van der Waals surface area (Å²) in [7, 11) is -3.62. The number of hydrogen-bond acceptors (Lipinski definition) is 6. The number of furan rings is 1. The highest BCUT2D eigenvalue weighted by molar-refractivity contribution is 7.59. The molecule has 1 rings (SSSR count). The van der Waals surface area contributed by atoms with Crippen LogP contribution in [-0.2, 0) is 20.2 Å². The van der Waals surface area contributed by atoms with Gasteiger partial charge < -0.3 is 18.6 Å². The summed E-state index contributed by atoms with van der Waals surface area (Å²) in [5.41, 5.74) is 0. The molecule has 1 aromatic heterocycles. The third-order valence-electron chi connectivity index (χ3n) is 2.12. The first-order valence-corrected chi connectivity index (χ1v) is 7.35. The Morgan fingerprint density at radius 3 is 2.53 bits per heavy atom. The van der Waals surface area contributed by atoms with Crippen LogP contribution >= 0.6 is 7.60 Å². The van der Waals surface area contributed by atoms with Crippen LogP contribution in [0.4, 0.5) is 0 Å². The normalized spacial score (nSPS) is 12.4. The molecule has 1 heterocycles. The summed E-state index contributed by atoms with van der Waals surface area (Å²) in [5, 5.41) is 17.9. The van der Waals surface area contributed by atoms with Crippen LogP contribution in [0.1, 0.15) is 25.4 Å². The molecule has 104 valence electrons. The zero-order chi connectivity index (χ0) is 14.3. The van der Waals surface area contributed by atoms with Gasteiger partial charge >= 0.3 is 7.60 Å². The Balaban J connectivity index is 3.10. The van der Waals surface area contributed by atoms with E-state index in [2.05, 4.69) is 0 Å². The fraction of sp³-hybridized carbons (Fsp3) is 0.417. The first kappa shape index (κ1) is 15.7. The van der Waals surface area contributed by atoms with E-state index in [1.54, 1.807) is 26.0 Å². The molecule has 7 heteroatoms. The highest BCUT2D eigenvalue weighted by Crippen LogP contribution is 2.56. The van der Waals surface area contributed by atoms with Gasteiger partial charge in [0.25, 0.3) is 0 Å². The fourth-order valence-electron chi connectivity index (χ4n) is 1.38. The number of nitrogens with zero attached hydrogens (tertiary/aromatic N) is 1. The molecular formula is C12H16NO5P. The van der Waals surface area contributed by atoms with Gasteiger partial charge in [0.2, 0.25) is 0 Å². The number of allylic oxidation sites excluding steroid dienone is 1. The summed E-state index contributed by atoms with van der Waals surface area (Å²) in [6.45, 7) is 3.41. The second-order valence-corrected chi connectivity index (χ2v) is 5.43. The molecule has 0 radical (unpaired) electrons. The maximum atomic E-state index is 12.4. The summed E-state index contributed by atoms with van der Waals surface area (Å²) in [6, 6.07) is 4.94. The first-order chi connectivity index (χ1) is 9.09. The molecule has 0 aliphatic carbocycles. The van der Waals surface area contributed by atoms with Gasteiger partial charge in [0.15, 0.2) is 0 Å². The lowest BCUT2D eigenvalue weighted by Gasteiger charge is -2.15. The molecular weight excluding hydrogens is 269 g/mol. The number of aliphatic hydroxyl groups is 1. The van der Waals surface area contributed by atoms with Gasteiger partial charge in [0.05, 0.1) is 13.2 Å². The van der Waals surface area contributed by atoms with Crippen molar-refractivity contribution >= 4 is 13.7 Å². The van der Waals surface area contributed by atoms with Crippen molar-refractivity contribution in [3.63, 3.8) is 0 Å². The van der Waals surface area contributed by atoms with Crippen LogP contribution in [0.15, 0.2) is 21.9 Å². The maximum Gasteiger partial charge on any atom is 0.371 e. The monoisotopic (exact) mass is 285 g/mol. The molecule has 0 aromatic carbocycles. The van der Waals surface area contributed by atoms with Crippen molar-refractivity contribution in [2.75, 3.05) is 13.2 Å². The highest BCUT2D eigenvalue weighted by atomic mass is 31.2. The van der Waals surface area contributed by atoms with Crippen LogP contribution in [-0.4, -0.2) is 18.3 Å². The zero-order valence-electron chi connectivity index (χ0n) is 10.8. The van der Waals surface area contributed by atoms with E-state index in [0.717, 1.165) is 0 Å². The van der Waals surface area contributed by atoms with Crippen molar-refractivity contribution in [1.29, 1.82) is 5.26 Å². The van der Waals surface area contributed by atoms with Gasteiger partial charge in [-0.15, -0.1) is 0 Å². The van der Waals surface area contributed by atoms with Crippen LogP contribution in [0.25, 0.3) is 6.08 Å². The van der Waals surface area contributed by atoms with E-state index < -0.39 is 7.60 Å². The quantitative estimate of drug-likeness (QED) is 0.611. The van der Waals surface area contributed by atoms with E-state index in [9.17, 15) is 4.57 Å². The summed E-state index contributed by atoms with van der Waals surface area (Å²) < 4.78 is 27.8. The minimum atomic E-state index is -3.62. The second kappa shape index (κ2) is 7.27. The average molecular weight is 285 g/mol. The number of aliphatic hydroxyl groups excluding tert-OH is 1. The molecule has 0 saturated carbocycles. The van der Waals surface area contributed by atoms with Gasteiger partial charge in [-0.25, -0.2) is 0 Å². The Morgan fingerprint density at radius 2 is 2.11 bits per heavy atom. The third-order valence-corrected chi connectivity index (χ3v) is 4.14. The van der Waals surface area contributed by atoms with Crippen molar-refractivity contribution in [3.8, 4) is 6.07 Å². The van der Waals surface area contributed by atoms with Crippen molar-refractivity contribution in [1.82, 2.24) is 0 Å². The molecule has 0 amide bonds. The van der Waals surface area contributed by atoms with Crippen molar-refractivity contribution in [2.45, 2.75) is 20.5 Å². The minimum Gasteiger partial charge on any atom is -0.459 e. The van der Waals surface area contributed by atoms with Gasteiger partial charge in [-0.3, -0.25) is 4.57 Å². The van der Waals surface area contributed by atoms with Crippen LogP contribution in [0.2, 0.25) is 0 Å². The largest absolute Gasteiger partial charge is 0.459 e. The van der Waals surface area contributed by atoms with Gasteiger partial charge in [0, 0.05) is 6.08 Å². The smallest absolute Gasteiger partial charge is 0.371 e. The number of hydrogen-bond donors (Lipinski definition) is 1. The lowest BCUT2D eigenvalue weighted by molar-refractivity contribution is 0.227. The van der Waals surface area contributed by atoms with E-state index in [-0.39, 0.29) is 25.1 Å². The van der Waals surface area contributed by atoms with Crippen LogP contribution < -0.4 is 0 Å². The van der Waals surface area contributed by atoms with E-state index >= 15 is 0 Å². The van der Waals surface area contributed by atoms with Gasteiger partial charge in [-0.2, -0.15) is 5.26 Å². The van der Waals surface area contributed by atoms with Crippen molar-refractivity contribution < 1.29 is 23.1 Å². The number of nitriles is 1. The Hall–Kier alpha value is -1.38. The van der Waals surface area contributed by atoms with Crippen LogP contribution in [0.5, 0.6) is 0 Å². The van der Waals surface area contributed by atoms with E-state index in [0.29, 0.717) is 11.5 Å². The zero-order valence-corrected chi connectivity index (χ0v) is 11.7. The third kappa shape index (κ3) is 4.05. The summed E-state index contributed by atoms with van der Waals surface area (Å²) in [5.74, 6) is 0.659. The Morgan fingerprint density at radius 1 is 1.47 bits per heavy atom. The minimum absolute atomic E-state index is 0.130. The number of rotatable bonds is 7. The standard InChI is InChI=1S/C12H16NO5P/c1-3-16-19(15,17-4-2)12(8-13)7-10-5-6-11(9-14)18-10/h5-7,14H,3-4,9H2,1-2H3. The molecule has 0 bridgehead atoms. The predicted molar refractivity (Wildman–Crippen MR) is 69.1 cm³/mol. The lowest BCUT2D eigenvalue weighted by atomic mass is 10.4. The Bertz CT molecular complexity index is 518. The molecule has 0 saturated heterocycles. The highest BCUT2D eigenvalue weighted by Gasteiger charge is 2.30. The van der Waals surface area contributed by atoms with E-state index in [1.165, 1.54) is 6.08 Å². The molecule has 0 aliphatic rings. The first-order valence-electron chi connectivity index (χ1n) is 5.80. The maximum absolute atomic E-state index is 12.4. The van der Waals surface area contributed by atoms with E-state index in [4.69, 9.17) is 23.8 Å². The average Bonchev–Trinajstić information content (AvgIpc) is 2.84. The lowest BCUT2D eigenvalue weighted by Crippen LogP contribution is -1.97. The van der Waals surface area contributed by atoms with Gasteiger partial charge in [-0.05, 0) is 26.0 Å². The molecule has 1 aromatic rings. The van der Waals surface area contributed by atoms with Crippen molar-refractivity contribution in [2.24, 2.45) is 0 Å². The molecule has 0 aliphatic heterocycles. The second-order valence-electron chi connectivity index (χ2n) is 3.44.